The molecule has 0 unspecified atom stereocenters. The van der Waals surface area contributed by atoms with Crippen LogP contribution in [0.2, 0.25) is 5.02 Å². The number of rotatable bonds is 7. The zero-order valence-corrected chi connectivity index (χ0v) is 18.8. The molecule has 30 heavy (non-hydrogen) atoms. The van der Waals surface area contributed by atoms with Crippen LogP contribution in [0.3, 0.4) is 0 Å². The van der Waals surface area contributed by atoms with E-state index < -0.39 is 21.6 Å². The summed E-state index contributed by atoms with van der Waals surface area (Å²) in [5.74, 6) is 4.67. The highest BCUT2D eigenvalue weighted by Crippen LogP contribution is 2.24. The van der Waals surface area contributed by atoms with Gasteiger partial charge in [-0.05, 0) is 55.7 Å². The number of halogens is 1. The Morgan fingerprint density at radius 1 is 1.20 bits per heavy atom. The van der Waals surface area contributed by atoms with Gasteiger partial charge in [-0.15, -0.1) is 0 Å². The first kappa shape index (κ1) is 23.7. The Kier molecular flexibility index (Phi) is 7.54. The van der Waals surface area contributed by atoms with Gasteiger partial charge in [0.15, 0.2) is 5.60 Å². The van der Waals surface area contributed by atoms with E-state index in [1.807, 2.05) is 13.8 Å². The minimum absolute atomic E-state index is 0.132. The van der Waals surface area contributed by atoms with Crippen molar-refractivity contribution in [1.82, 2.24) is 0 Å². The summed E-state index contributed by atoms with van der Waals surface area (Å²) >= 11 is 6.03. The van der Waals surface area contributed by atoms with Crippen molar-refractivity contribution in [3.63, 3.8) is 0 Å². The monoisotopic (exact) mass is 449 g/mol. The quantitative estimate of drug-likeness (QED) is 0.607. The van der Waals surface area contributed by atoms with Crippen LogP contribution in [0.5, 0.6) is 0 Å². The van der Waals surface area contributed by atoms with E-state index in [0.717, 1.165) is 5.56 Å². The van der Waals surface area contributed by atoms with Crippen LogP contribution in [0, 0.1) is 11.8 Å². The molecule has 2 rings (SSSR count). The molecule has 2 aromatic carbocycles. The molecule has 0 radical (unpaired) electrons. The van der Waals surface area contributed by atoms with Gasteiger partial charge < -0.3 is 9.84 Å². The standard InChI is InChI=1S/C22H24ClNO5S/c1-15(2)16-7-10-19(11-8-16)30(27,28)24-20-12-9-18(23)14-17(20)6-5-13-29-22(3,4)21(25)26/h7-12,14-15,24H,13H2,1-4H3,(H,25,26). The smallest absolute Gasteiger partial charge is 0.335 e. The Labute approximate surface area is 182 Å². The predicted octanol–water partition coefficient (Wildman–Crippen LogP) is 4.50. The van der Waals surface area contributed by atoms with Gasteiger partial charge in [0, 0.05) is 5.02 Å². The molecule has 0 aliphatic carbocycles. The SMILES string of the molecule is CC(C)c1ccc(S(=O)(=O)Nc2ccc(Cl)cc2C#CCOC(C)(C)C(=O)O)cc1. The van der Waals surface area contributed by atoms with Gasteiger partial charge in [0.25, 0.3) is 10.0 Å². The first-order valence-corrected chi connectivity index (χ1v) is 11.1. The number of sulfonamides is 1. The molecule has 0 aliphatic rings. The van der Waals surface area contributed by atoms with E-state index in [1.165, 1.54) is 26.0 Å². The number of carboxylic acids is 1. The fourth-order valence-electron chi connectivity index (χ4n) is 2.35. The number of carboxylic acid groups (broad SMARTS) is 1. The van der Waals surface area contributed by atoms with Crippen LogP contribution in [0.4, 0.5) is 5.69 Å². The number of ether oxygens (including phenoxy) is 1. The molecule has 2 N–H and O–H groups in total. The zero-order chi connectivity index (χ0) is 22.5. The summed E-state index contributed by atoms with van der Waals surface area (Å²) in [6, 6.07) is 11.3. The van der Waals surface area contributed by atoms with Crippen molar-refractivity contribution in [2.24, 2.45) is 0 Å². The fraction of sp³-hybridized carbons (Fsp3) is 0.318. The van der Waals surface area contributed by atoms with E-state index in [9.17, 15) is 13.2 Å². The van der Waals surface area contributed by atoms with Crippen molar-refractivity contribution in [3.05, 3.63) is 58.6 Å². The Balaban J connectivity index is 2.24. The fourth-order valence-corrected chi connectivity index (χ4v) is 3.61. The van der Waals surface area contributed by atoms with E-state index in [2.05, 4.69) is 16.6 Å². The van der Waals surface area contributed by atoms with Gasteiger partial charge in [-0.2, -0.15) is 0 Å². The van der Waals surface area contributed by atoms with Crippen LogP contribution >= 0.6 is 11.6 Å². The number of aliphatic carboxylic acids is 1. The topological polar surface area (TPSA) is 92.7 Å². The Morgan fingerprint density at radius 2 is 1.83 bits per heavy atom. The molecule has 0 fully saturated rings. The van der Waals surface area contributed by atoms with Crippen molar-refractivity contribution in [1.29, 1.82) is 0 Å². The van der Waals surface area contributed by atoms with E-state index >= 15 is 0 Å². The average molecular weight is 450 g/mol. The van der Waals surface area contributed by atoms with Crippen LogP contribution < -0.4 is 4.72 Å². The van der Waals surface area contributed by atoms with Crippen molar-refractivity contribution < 1.29 is 23.1 Å². The predicted molar refractivity (Wildman–Crippen MR) is 117 cm³/mol. The zero-order valence-electron chi connectivity index (χ0n) is 17.2. The number of anilines is 1. The molecular weight excluding hydrogens is 426 g/mol. The Hall–Kier alpha value is -2.53. The number of carbonyl (C=O) groups is 1. The molecule has 0 saturated heterocycles. The molecular formula is C22H24ClNO5S. The third-order valence-corrected chi connectivity index (χ3v) is 5.94. The highest BCUT2D eigenvalue weighted by atomic mass is 35.5. The number of benzene rings is 2. The van der Waals surface area contributed by atoms with Gasteiger partial charge in [-0.3, -0.25) is 4.72 Å². The van der Waals surface area contributed by atoms with Crippen molar-refractivity contribution in [2.45, 2.75) is 44.1 Å². The average Bonchev–Trinajstić information content (AvgIpc) is 2.67. The summed E-state index contributed by atoms with van der Waals surface area (Å²) in [6.45, 7) is 6.75. The lowest BCUT2D eigenvalue weighted by Crippen LogP contribution is -2.34. The van der Waals surface area contributed by atoms with Crippen molar-refractivity contribution in [3.8, 4) is 11.8 Å². The second kappa shape index (κ2) is 9.52. The Morgan fingerprint density at radius 3 is 2.40 bits per heavy atom. The van der Waals surface area contributed by atoms with Gasteiger partial charge in [0.1, 0.15) is 6.61 Å². The molecule has 8 heteroatoms. The first-order valence-electron chi connectivity index (χ1n) is 9.21. The van der Waals surface area contributed by atoms with Gasteiger partial charge in [0.2, 0.25) is 0 Å². The second-order valence-electron chi connectivity index (χ2n) is 7.43. The summed E-state index contributed by atoms with van der Waals surface area (Å²) in [7, 11) is -3.83. The number of hydrogen-bond donors (Lipinski definition) is 2. The van der Waals surface area contributed by atoms with Crippen molar-refractivity contribution >= 4 is 33.3 Å². The lowest BCUT2D eigenvalue weighted by atomic mass is 10.0. The van der Waals surface area contributed by atoms with Gasteiger partial charge in [-0.25, -0.2) is 13.2 Å². The van der Waals surface area contributed by atoms with Crippen LogP contribution in [0.1, 0.15) is 44.7 Å². The molecule has 0 spiro atoms. The number of hydrogen-bond acceptors (Lipinski definition) is 4. The van der Waals surface area contributed by atoms with Crippen LogP contribution in [-0.4, -0.2) is 31.7 Å². The number of nitrogens with one attached hydrogen (secondary N) is 1. The second-order valence-corrected chi connectivity index (χ2v) is 9.54. The minimum atomic E-state index is -3.83. The van der Waals surface area contributed by atoms with Gasteiger partial charge in [0.05, 0.1) is 16.1 Å². The van der Waals surface area contributed by atoms with E-state index in [0.29, 0.717) is 16.5 Å². The Bertz CT molecular complexity index is 1080. The summed E-state index contributed by atoms with van der Waals surface area (Å²) in [5.41, 5.74) is 0.269. The molecule has 0 aromatic heterocycles. The van der Waals surface area contributed by atoms with E-state index in [-0.39, 0.29) is 17.2 Å². The maximum Gasteiger partial charge on any atom is 0.335 e. The third kappa shape index (κ3) is 6.23. The molecule has 6 nitrogen and oxygen atoms in total. The highest BCUT2D eigenvalue weighted by Gasteiger charge is 2.27. The molecule has 2 aromatic rings. The summed E-state index contributed by atoms with van der Waals surface area (Å²) < 4.78 is 33.3. The van der Waals surface area contributed by atoms with Crippen molar-refractivity contribution in [2.75, 3.05) is 11.3 Å². The lowest BCUT2D eigenvalue weighted by molar-refractivity contribution is -0.159. The summed E-state index contributed by atoms with van der Waals surface area (Å²) in [4.78, 5) is 11.2. The molecule has 0 aliphatic heterocycles. The maximum absolute atomic E-state index is 12.8. The molecule has 0 amide bonds. The molecule has 0 bridgehead atoms. The normalized spacial score (nSPS) is 11.7. The van der Waals surface area contributed by atoms with Crippen LogP contribution in [-0.2, 0) is 19.6 Å². The third-order valence-electron chi connectivity index (χ3n) is 4.33. The summed E-state index contributed by atoms with van der Waals surface area (Å²) in [5, 5.41) is 9.44. The van der Waals surface area contributed by atoms with E-state index in [4.69, 9.17) is 21.4 Å². The summed E-state index contributed by atoms with van der Waals surface area (Å²) in [6.07, 6.45) is 0. The van der Waals surface area contributed by atoms with Crippen LogP contribution in [0.15, 0.2) is 47.4 Å². The molecule has 0 saturated carbocycles. The van der Waals surface area contributed by atoms with Gasteiger partial charge >= 0.3 is 5.97 Å². The maximum atomic E-state index is 12.8. The van der Waals surface area contributed by atoms with Crippen LogP contribution in [0.25, 0.3) is 0 Å². The largest absolute Gasteiger partial charge is 0.479 e. The highest BCUT2D eigenvalue weighted by molar-refractivity contribution is 7.92. The lowest BCUT2D eigenvalue weighted by Gasteiger charge is -2.17. The minimum Gasteiger partial charge on any atom is -0.479 e. The molecule has 0 heterocycles. The molecule has 160 valence electrons. The molecule has 0 atom stereocenters. The van der Waals surface area contributed by atoms with Gasteiger partial charge in [-0.1, -0.05) is 49.4 Å². The first-order chi connectivity index (χ1) is 13.9. The van der Waals surface area contributed by atoms with E-state index in [1.54, 1.807) is 30.3 Å².